The van der Waals surface area contributed by atoms with Crippen LogP contribution in [0.25, 0.3) is 0 Å². The molecule has 1 rings (SSSR count). The van der Waals surface area contributed by atoms with Crippen LogP contribution in [0.2, 0.25) is 0 Å². The van der Waals surface area contributed by atoms with Gasteiger partial charge in [-0.15, -0.1) is 0 Å². The minimum atomic E-state index is -2.14. The van der Waals surface area contributed by atoms with Gasteiger partial charge >= 0.3 is 0 Å². The van der Waals surface area contributed by atoms with Gasteiger partial charge in [-0.25, -0.2) is 0 Å². The smallest absolute Gasteiger partial charge is 0.217 e. The van der Waals surface area contributed by atoms with Gasteiger partial charge in [0.15, 0.2) is 0 Å². The van der Waals surface area contributed by atoms with Crippen LogP contribution in [0.3, 0.4) is 0 Å². The summed E-state index contributed by atoms with van der Waals surface area (Å²) >= 11 is 0. The third-order valence-corrected chi connectivity index (χ3v) is 2.30. The van der Waals surface area contributed by atoms with Gasteiger partial charge in [0.25, 0.3) is 0 Å². The molecular weight excluding hydrogens is 174 g/mol. The molecule has 0 aliphatic rings. The normalized spacial score (nSPS) is 9.42. The van der Waals surface area contributed by atoms with Gasteiger partial charge in [0.2, 0.25) is 10.3 Å². The van der Waals surface area contributed by atoms with Crippen LogP contribution < -0.4 is 5.73 Å². The number of nitrogens with two attached hydrogens (primary N) is 1. The maximum Gasteiger partial charge on any atom is 0.217 e. The SMILES string of the molecule is CC(c1ccc(N)cc1)=S(=O)=O. The molecule has 0 aliphatic carbocycles. The summed E-state index contributed by atoms with van der Waals surface area (Å²) in [4.78, 5) is 0.329. The Bertz CT molecular complexity index is 395. The van der Waals surface area contributed by atoms with E-state index in [1.807, 2.05) is 0 Å². The first-order valence-corrected chi connectivity index (χ1v) is 4.47. The number of nitrogen functional groups attached to an aromatic ring is 1. The van der Waals surface area contributed by atoms with Crippen LogP contribution in [0.4, 0.5) is 5.69 Å². The monoisotopic (exact) mass is 183 g/mol. The van der Waals surface area contributed by atoms with Gasteiger partial charge in [0.1, 0.15) is 0 Å². The van der Waals surface area contributed by atoms with Crippen molar-refractivity contribution in [1.29, 1.82) is 0 Å². The van der Waals surface area contributed by atoms with E-state index in [2.05, 4.69) is 0 Å². The summed E-state index contributed by atoms with van der Waals surface area (Å²) in [5.41, 5.74) is 6.75. The summed E-state index contributed by atoms with van der Waals surface area (Å²) < 4.78 is 21.0. The van der Waals surface area contributed by atoms with Crippen molar-refractivity contribution in [1.82, 2.24) is 0 Å². The van der Waals surface area contributed by atoms with Crippen LogP contribution in [0.5, 0.6) is 0 Å². The average Bonchev–Trinajstić information content (AvgIpc) is 2.04. The second-order valence-electron chi connectivity index (χ2n) is 2.41. The molecule has 0 aromatic heterocycles. The summed E-state index contributed by atoms with van der Waals surface area (Å²) in [6.45, 7) is 1.55. The first-order valence-electron chi connectivity index (χ1n) is 3.40. The van der Waals surface area contributed by atoms with Gasteiger partial charge in [0, 0.05) is 5.69 Å². The minimum Gasteiger partial charge on any atom is -0.399 e. The van der Waals surface area contributed by atoms with E-state index in [0.29, 0.717) is 16.1 Å². The molecule has 0 unspecified atom stereocenters. The third kappa shape index (κ3) is 1.85. The average molecular weight is 183 g/mol. The molecule has 0 saturated carbocycles. The van der Waals surface area contributed by atoms with Gasteiger partial charge in [-0.3, -0.25) is 0 Å². The molecule has 0 radical (unpaired) electrons. The van der Waals surface area contributed by atoms with E-state index in [-0.39, 0.29) is 0 Å². The van der Waals surface area contributed by atoms with Crippen molar-refractivity contribution in [3.63, 3.8) is 0 Å². The van der Waals surface area contributed by atoms with E-state index < -0.39 is 10.3 Å². The predicted molar refractivity (Wildman–Crippen MR) is 49.6 cm³/mol. The molecule has 0 bridgehead atoms. The van der Waals surface area contributed by atoms with Gasteiger partial charge in [-0.05, 0) is 24.6 Å². The Morgan fingerprint density at radius 2 is 1.75 bits per heavy atom. The van der Waals surface area contributed by atoms with Crippen LogP contribution in [-0.4, -0.2) is 13.3 Å². The van der Waals surface area contributed by atoms with E-state index >= 15 is 0 Å². The van der Waals surface area contributed by atoms with Crippen molar-refractivity contribution in [2.24, 2.45) is 0 Å². The zero-order valence-electron chi connectivity index (χ0n) is 6.61. The lowest BCUT2D eigenvalue weighted by Crippen LogP contribution is -1.95. The Labute approximate surface area is 72.4 Å². The standard InChI is InChI=1S/C8H9NO2S/c1-6(12(10)11)7-2-4-8(9)5-3-7/h2-5H,9H2,1H3. The summed E-state index contributed by atoms with van der Waals surface area (Å²) in [5, 5.41) is 0. The molecule has 64 valence electrons. The third-order valence-electron chi connectivity index (χ3n) is 1.57. The first-order chi connectivity index (χ1) is 5.61. The predicted octanol–water partition coefficient (Wildman–Crippen LogP) is 0.688. The highest BCUT2D eigenvalue weighted by molar-refractivity contribution is 7.73. The quantitative estimate of drug-likeness (QED) is 0.396. The van der Waals surface area contributed by atoms with Gasteiger partial charge < -0.3 is 5.73 Å². The Balaban J connectivity index is 3.24. The Morgan fingerprint density at radius 1 is 1.25 bits per heavy atom. The summed E-state index contributed by atoms with van der Waals surface area (Å²) in [7, 11) is -2.14. The number of rotatable bonds is 1. The van der Waals surface area contributed by atoms with Crippen molar-refractivity contribution in [3.8, 4) is 0 Å². The molecule has 1 aromatic carbocycles. The number of hydrogen-bond acceptors (Lipinski definition) is 3. The second-order valence-corrected chi connectivity index (χ2v) is 3.49. The van der Waals surface area contributed by atoms with E-state index in [0.717, 1.165) is 0 Å². The minimum absolute atomic E-state index is 0.329. The van der Waals surface area contributed by atoms with Crippen LogP contribution >= 0.6 is 0 Å². The van der Waals surface area contributed by atoms with Crippen molar-refractivity contribution < 1.29 is 8.42 Å². The first kappa shape index (κ1) is 8.80. The van der Waals surface area contributed by atoms with Crippen LogP contribution in [-0.2, 0) is 10.3 Å². The fraction of sp³-hybridized carbons (Fsp3) is 0.125. The largest absolute Gasteiger partial charge is 0.399 e. The molecule has 0 heterocycles. The number of anilines is 1. The van der Waals surface area contributed by atoms with Crippen LogP contribution in [0.1, 0.15) is 12.5 Å². The molecule has 0 fully saturated rings. The molecule has 3 nitrogen and oxygen atoms in total. The summed E-state index contributed by atoms with van der Waals surface area (Å²) in [5.74, 6) is 0. The lowest BCUT2D eigenvalue weighted by Gasteiger charge is -1.96. The maximum absolute atomic E-state index is 10.5. The van der Waals surface area contributed by atoms with Crippen LogP contribution in [0.15, 0.2) is 24.3 Å². The van der Waals surface area contributed by atoms with E-state index in [1.54, 1.807) is 31.2 Å². The van der Waals surface area contributed by atoms with Crippen molar-refractivity contribution in [2.45, 2.75) is 6.92 Å². The van der Waals surface area contributed by atoms with Crippen molar-refractivity contribution in [2.75, 3.05) is 5.73 Å². The van der Waals surface area contributed by atoms with E-state index in [9.17, 15) is 8.42 Å². The number of benzene rings is 1. The zero-order valence-corrected chi connectivity index (χ0v) is 7.43. The molecule has 0 aliphatic heterocycles. The van der Waals surface area contributed by atoms with E-state index in [4.69, 9.17) is 5.73 Å². The van der Waals surface area contributed by atoms with Gasteiger partial charge in [-0.1, -0.05) is 12.1 Å². The fourth-order valence-electron chi connectivity index (χ4n) is 0.814. The summed E-state index contributed by atoms with van der Waals surface area (Å²) in [6, 6.07) is 6.71. The fourth-order valence-corrected chi connectivity index (χ4v) is 1.14. The second kappa shape index (κ2) is 3.40. The number of hydrogen-bond donors (Lipinski definition) is 1. The zero-order chi connectivity index (χ0) is 9.14. The van der Waals surface area contributed by atoms with Crippen LogP contribution in [0, 0.1) is 0 Å². The van der Waals surface area contributed by atoms with E-state index in [1.165, 1.54) is 0 Å². The Kier molecular flexibility index (Phi) is 2.50. The lowest BCUT2D eigenvalue weighted by atomic mass is 10.1. The Hall–Kier alpha value is -1.29. The molecule has 4 heteroatoms. The maximum atomic E-state index is 10.5. The molecule has 0 atom stereocenters. The molecule has 1 aromatic rings. The molecule has 0 spiro atoms. The topological polar surface area (TPSA) is 60.2 Å². The molecule has 2 N–H and O–H groups in total. The van der Waals surface area contributed by atoms with Gasteiger partial charge in [-0.2, -0.15) is 8.42 Å². The Morgan fingerprint density at radius 3 is 2.17 bits per heavy atom. The highest BCUT2D eigenvalue weighted by Gasteiger charge is 1.96. The molecule has 12 heavy (non-hydrogen) atoms. The van der Waals surface area contributed by atoms with Crippen molar-refractivity contribution >= 4 is 20.8 Å². The highest BCUT2D eigenvalue weighted by Crippen LogP contribution is 2.05. The lowest BCUT2D eigenvalue weighted by molar-refractivity contribution is 0.627. The van der Waals surface area contributed by atoms with Crippen molar-refractivity contribution in [3.05, 3.63) is 29.8 Å². The molecule has 0 amide bonds. The van der Waals surface area contributed by atoms with Gasteiger partial charge in [0.05, 0.1) is 4.86 Å². The summed E-state index contributed by atoms with van der Waals surface area (Å²) in [6.07, 6.45) is 0. The molecular formula is C8H9NO2S. The molecule has 0 saturated heterocycles. The highest BCUT2D eigenvalue weighted by atomic mass is 32.2.